The summed E-state index contributed by atoms with van der Waals surface area (Å²) >= 11 is 1.60. The van der Waals surface area contributed by atoms with Gasteiger partial charge in [-0.05, 0) is 38.1 Å². The fourth-order valence-corrected chi connectivity index (χ4v) is 2.97. The number of hydrogen-bond donors (Lipinski definition) is 2. The predicted octanol–water partition coefficient (Wildman–Crippen LogP) is 2.22. The molecular weight excluding hydrogens is 272 g/mol. The molecule has 2 N–H and O–H groups in total. The van der Waals surface area contributed by atoms with Gasteiger partial charge < -0.3 is 10.4 Å². The molecule has 2 heterocycles. The number of hydrogen-bond acceptors (Lipinski definition) is 5. The average Bonchev–Trinajstić information content (AvgIpc) is 3.09. The maximum absolute atomic E-state index is 10.1. The van der Waals surface area contributed by atoms with Crippen LogP contribution in [0.3, 0.4) is 0 Å². The first-order valence-corrected chi connectivity index (χ1v) is 7.83. The molecule has 0 amide bonds. The molecule has 0 saturated heterocycles. The van der Waals surface area contributed by atoms with Gasteiger partial charge in [-0.25, -0.2) is 4.98 Å². The Morgan fingerprint density at radius 1 is 1.40 bits per heavy atom. The number of aryl methyl sites for hydroxylation is 1. The van der Waals surface area contributed by atoms with Crippen LogP contribution in [0, 0.1) is 0 Å². The smallest absolute Gasteiger partial charge is 0.137 e. The van der Waals surface area contributed by atoms with Crippen LogP contribution in [0.4, 0.5) is 0 Å². The second kappa shape index (κ2) is 7.52. The van der Waals surface area contributed by atoms with Gasteiger partial charge in [0.1, 0.15) is 12.7 Å². The van der Waals surface area contributed by atoms with Crippen LogP contribution >= 0.6 is 11.3 Å². The highest BCUT2D eigenvalue weighted by molar-refractivity contribution is 7.10. The summed E-state index contributed by atoms with van der Waals surface area (Å²) in [5.74, 6) is 0. The molecule has 0 radical (unpaired) electrons. The lowest BCUT2D eigenvalue weighted by molar-refractivity contribution is 0.155. The number of aliphatic hydroxyl groups is 1. The summed E-state index contributed by atoms with van der Waals surface area (Å²) in [6.07, 6.45) is 4.63. The van der Waals surface area contributed by atoms with Gasteiger partial charge in [0.25, 0.3) is 0 Å². The first kappa shape index (κ1) is 15.2. The van der Waals surface area contributed by atoms with Gasteiger partial charge in [-0.15, -0.1) is 11.3 Å². The van der Waals surface area contributed by atoms with E-state index in [-0.39, 0.29) is 12.1 Å². The van der Waals surface area contributed by atoms with Crippen LogP contribution in [-0.2, 0) is 6.54 Å². The van der Waals surface area contributed by atoms with E-state index in [1.165, 1.54) is 0 Å². The molecule has 0 aliphatic heterocycles. The first-order valence-electron chi connectivity index (χ1n) is 6.95. The van der Waals surface area contributed by atoms with Gasteiger partial charge in [0, 0.05) is 23.5 Å². The number of rotatable bonds is 8. The zero-order valence-corrected chi connectivity index (χ0v) is 12.8. The third-order valence-corrected chi connectivity index (χ3v) is 4.25. The van der Waals surface area contributed by atoms with Crippen LogP contribution in [-0.4, -0.2) is 32.0 Å². The van der Waals surface area contributed by atoms with Crippen LogP contribution in [0.5, 0.6) is 0 Å². The van der Waals surface area contributed by atoms with Crippen molar-refractivity contribution in [3.8, 4) is 0 Å². The van der Waals surface area contributed by atoms with Crippen LogP contribution in [0.15, 0.2) is 30.2 Å². The number of nitrogens with zero attached hydrogens (tertiary/aromatic N) is 3. The Labute approximate surface area is 123 Å². The lowest BCUT2D eigenvalue weighted by atomic mass is 10.1. The third-order valence-electron chi connectivity index (χ3n) is 3.28. The zero-order valence-electron chi connectivity index (χ0n) is 11.9. The van der Waals surface area contributed by atoms with Crippen molar-refractivity contribution in [2.45, 2.75) is 51.4 Å². The highest BCUT2D eigenvalue weighted by Crippen LogP contribution is 2.22. The maximum Gasteiger partial charge on any atom is 0.137 e. The molecule has 0 aromatic carbocycles. The molecule has 0 aliphatic carbocycles. The molecule has 2 rings (SSSR count). The van der Waals surface area contributed by atoms with Crippen LogP contribution in [0.2, 0.25) is 0 Å². The molecule has 5 nitrogen and oxygen atoms in total. The topological polar surface area (TPSA) is 63.0 Å². The lowest BCUT2D eigenvalue weighted by Crippen LogP contribution is -2.36. The molecule has 0 saturated carbocycles. The SMILES string of the molecule is CC(CCn1cncn1)NC(C)CC(O)c1cccs1. The molecule has 3 atom stereocenters. The molecule has 6 heteroatoms. The molecule has 0 aliphatic rings. The second-order valence-corrected chi connectivity index (χ2v) is 6.16. The highest BCUT2D eigenvalue weighted by atomic mass is 32.1. The zero-order chi connectivity index (χ0) is 14.4. The fraction of sp³-hybridized carbons (Fsp3) is 0.571. The Bertz CT molecular complexity index is 471. The van der Waals surface area contributed by atoms with Gasteiger partial charge in [-0.1, -0.05) is 6.07 Å². The molecular formula is C14H22N4OS. The van der Waals surface area contributed by atoms with Crippen molar-refractivity contribution in [2.75, 3.05) is 0 Å². The molecule has 3 unspecified atom stereocenters. The van der Waals surface area contributed by atoms with E-state index in [0.29, 0.717) is 6.04 Å². The quantitative estimate of drug-likeness (QED) is 0.783. The number of thiophene rings is 1. The minimum atomic E-state index is -0.375. The Morgan fingerprint density at radius 3 is 2.90 bits per heavy atom. The second-order valence-electron chi connectivity index (χ2n) is 5.18. The Kier molecular flexibility index (Phi) is 5.70. The van der Waals surface area contributed by atoms with Crippen LogP contribution in [0.1, 0.15) is 37.7 Å². The van der Waals surface area contributed by atoms with Crippen molar-refractivity contribution in [1.29, 1.82) is 0 Å². The van der Waals surface area contributed by atoms with E-state index < -0.39 is 0 Å². The summed E-state index contributed by atoms with van der Waals surface area (Å²) in [7, 11) is 0. The molecule has 0 fully saturated rings. The van der Waals surface area contributed by atoms with E-state index in [9.17, 15) is 5.11 Å². The van der Waals surface area contributed by atoms with Crippen molar-refractivity contribution in [3.05, 3.63) is 35.0 Å². The normalized spacial score (nSPS) is 15.9. The lowest BCUT2D eigenvalue weighted by Gasteiger charge is -2.22. The molecule has 20 heavy (non-hydrogen) atoms. The van der Waals surface area contributed by atoms with Gasteiger partial charge in [0.2, 0.25) is 0 Å². The van der Waals surface area contributed by atoms with Gasteiger partial charge in [0.15, 0.2) is 0 Å². The van der Waals surface area contributed by atoms with Gasteiger partial charge >= 0.3 is 0 Å². The Hall–Kier alpha value is -1.24. The monoisotopic (exact) mass is 294 g/mol. The number of nitrogens with one attached hydrogen (secondary N) is 1. The summed E-state index contributed by atoms with van der Waals surface area (Å²) in [4.78, 5) is 4.96. The van der Waals surface area contributed by atoms with Gasteiger partial charge in [-0.3, -0.25) is 4.68 Å². The Balaban J connectivity index is 1.69. The first-order chi connectivity index (χ1) is 9.65. The van der Waals surface area contributed by atoms with Crippen molar-refractivity contribution < 1.29 is 5.11 Å². The Morgan fingerprint density at radius 2 is 2.25 bits per heavy atom. The summed E-state index contributed by atoms with van der Waals surface area (Å²) in [6, 6.07) is 4.61. The molecule has 0 spiro atoms. The summed E-state index contributed by atoms with van der Waals surface area (Å²) in [5.41, 5.74) is 0. The van der Waals surface area contributed by atoms with Crippen molar-refractivity contribution in [2.24, 2.45) is 0 Å². The van der Waals surface area contributed by atoms with Crippen LogP contribution in [0.25, 0.3) is 0 Å². The summed E-state index contributed by atoms with van der Waals surface area (Å²) < 4.78 is 1.84. The largest absolute Gasteiger partial charge is 0.388 e. The minimum Gasteiger partial charge on any atom is -0.388 e. The molecule has 2 aromatic heterocycles. The summed E-state index contributed by atoms with van der Waals surface area (Å²) in [6.45, 7) is 5.13. The van der Waals surface area contributed by atoms with Crippen molar-refractivity contribution in [3.63, 3.8) is 0 Å². The number of aromatic nitrogens is 3. The minimum absolute atomic E-state index is 0.276. The standard InChI is InChI=1S/C14H22N4OS/c1-11(5-6-18-10-15-9-16-18)17-12(2)8-13(19)14-4-3-7-20-14/h3-4,7,9-13,17,19H,5-6,8H2,1-2H3. The number of aliphatic hydroxyl groups excluding tert-OH is 1. The van der Waals surface area contributed by atoms with Crippen molar-refractivity contribution in [1.82, 2.24) is 20.1 Å². The molecule has 0 bridgehead atoms. The van der Waals surface area contributed by atoms with Crippen LogP contribution < -0.4 is 5.32 Å². The van der Waals surface area contributed by atoms with Crippen molar-refractivity contribution >= 4 is 11.3 Å². The average molecular weight is 294 g/mol. The predicted molar refractivity (Wildman–Crippen MR) is 80.6 cm³/mol. The summed E-state index contributed by atoms with van der Waals surface area (Å²) in [5, 5.41) is 19.7. The van der Waals surface area contributed by atoms with E-state index in [2.05, 4.69) is 29.2 Å². The van der Waals surface area contributed by atoms with Gasteiger partial charge in [0.05, 0.1) is 6.10 Å². The van der Waals surface area contributed by atoms with E-state index in [1.54, 1.807) is 24.0 Å². The van der Waals surface area contributed by atoms with E-state index in [0.717, 1.165) is 24.3 Å². The maximum atomic E-state index is 10.1. The third kappa shape index (κ3) is 4.70. The van der Waals surface area contributed by atoms with E-state index in [1.807, 2.05) is 22.2 Å². The fourth-order valence-electron chi connectivity index (χ4n) is 2.24. The van der Waals surface area contributed by atoms with E-state index >= 15 is 0 Å². The van der Waals surface area contributed by atoms with E-state index in [4.69, 9.17) is 0 Å². The molecule has 2 aromatic rings. The highest BCUT2D eigenvalue weighted by Gasteiger charge is 2.14. The molecule has 110 valence electrons. The van der Waals surface area contributed by atoms with Gasteiger partial charge in [-0.2, -0.15) is 5.10 Å².